The number of hydrogen-bond acceptors (Lipinski definition) is 4. The maximum Gasteiger partial charge on any atom is 0.344 e. The van der Waals surface area contributed by atoms with Crippen LogP contribution < -0.4 is 4.74 Å². The highest BCUT2D eigenvalue weighted by Crippen LogP contribution is 2.22. The van der Waals surface area contributed by atoms with Crippen molar-refractivity contribution >= 4 is 5.97 Å². The molecule has 0 saturated heterocycles. The standard InChI is InChI=1S/C19H31NO3/c1-5-11-17(6-2)20(7-3)14-16-12-9-10-13-18(16)23-15-19(21)22-8-4/h9-10,12-13,17H,5-8,11,14-15H2,1-4H3/t17-/m0/s1. The summed E-state index contributed by atoms with van der Waals surface area (Å²) < 4.78 is 10.6. The maximum atomic E-state index is 11.5. The number of ether oxygens (including phenoxy) is 2. The summed E-state index contributed by atoms with van der Waals surface area (Å²) in [7, 11) is 0. The summed E-state index contributed by atoms with van der Waals surface area (Å²) in [5, 5.41) is 0. The van der Waals surface area contributed by atoms with E-state index in [9.17, 15) is 4.79 Å². The van der Waals surface area contributed by atoms with Gasteiger partial charge in [-0.15, -0.1) is 0 Å². The third-order valence-electron chi connectivity index (χ3n) is 4.01. The molecule has 0 saturated carbocycles. The first-order valence-corrected chi connectivity index (χ1v) is 8.76. The fourth-order valence-corrected chi connectivity index (χ4v) is 2.81. The first-order chi connectivity index (χ1) is 11.2. The molecule has 23 heavy (non-hydrogen) atoms. The van der Waals surface area contributed by atoms with Crippen molar-refractivity contribution in [1.29, 1.82) is 0 Å². The van der Waals surface area contributed by atoms with Crippen LogP contribution in [0.3, 0.4) is 0 Å². The van der Waals surface area contributed by atoms with Crippen molar-refractivity contribution in [2.45, 2.75) is 59.5 Å². The first kappa shape index (κ1) is 19.5. The van der Waals surface area contributed by atoms with Crippen molar-refractivity contribution in [2.75, 3.05) is 19.8 Å². The topological polar surface area (TPSA) is 38.8 Å². The minimum Gasteiger partial charge on any atom is -0.482 e. The van der Waals surface area contributed by atoms with E-state index in [1.54, 1.807) is 6.92 Å². The summed E-state index contributed by atoms with van der Waals surface area (Å²) in [5.74, 6) is 0.442. The monoisotopic (exact) mass is 321 g/mol. The van der Waals surface area contributed by atoms with Crippen molar-refractivity contribution in [1.82, 2.24) is 4.90 Å². The van der Waals surface area contributed by atoms with Gasteiger partial charge in [0.2, 0.25) is 0 Å². The van der Waals surface area contributed by atoms with E-state index in [0.717, 1.165) is 30.8 Å². The lowest BCUT2D eigenvalue weighted by Gasteiger charge is -2.30. The molecule has 0 aliphatic rings. The van der Waals surface area contributed by atoms with Crippen LogP contribution in [0.5, 0.6) is 5.75 Å². The Kier molecular flexibility index (Phi) is 9.37. The predicted molar refractivity (Wildman–Crippen MR) is 93.6 cm³/mol. The average molecular weight is 321 g/mol. The molecule has 1 rings (SSSR count). The van der Waals surface area contributed by atoms with Crippen LogP contribution in [-0.4, -0.2) is 36.7 Å². The lowest BCUT2D eigenvalue weighted by Crippen LogP contribution is -2.34. The van der Waals surface area contributed by atoms with E-state index in [0.29, 0.717) is 12.6 Å². The molecule has 0 heterocycles. The number of benzene rings is 1. The molecule has 1 atom stereocenters. The molecule has 0 N–H and O–H groups in total. The summed E-state index contributed by atoms with van der Waals surface area (Å²) in [4.78, 5) is 14.0. The van der Waals surface area contributed by atoms with Crippen molar-refractivity contribution in [3.8, 4) is 5.75 Å². The minimum absolute atomic E-state index is 0.0385. The molecule has 0 aromatic heterocycles. The van der Waals surface area contributed by atoms with E-state index in [2.05, 4.69) is 31.7 Å². The highest BCUT2D eigenvalue weighted by atomic mass is 16.6. The molecule has 0 unspecified atom stereocenters. The molecule has 0 bridgehead atoms. The third kappa shape index (κ3) is 6.61. The van der Waals surface area contributed by atoms with Gasteiger partial charge in [-0.1, -0.05) is 45.4 Å². The second-order valence-electron chi connectivity index (χ2n) is 5.62. The minimum atomic E-state index is -0.327. The van der Waals surface area contributed by atoms with Gasteiger partial charge in [0.05, 0.1) is 6.61 Å². The normalized spacial score (nSPS) is 12.2. The summed E-state index contributed by atoms with van der Waals surface area (Å²) >= 11 is 0. The molecular formula is C19H31NO3. The predicted octanol–water partition coefficient (Wildman–Crippen LogP) is 4.03. The molecule has 4 heteroatoms. The Hall–Kier alpha value is -1.55. The van der Waals surface area contributed by atoms with E-state index in [4.69, 9.17) is 9.47 Å². The molecular weight excluding hydrogens is 290 g/mol. The second-order valence-corrected chi connectivity index (χ2v) is 5.62. The van der Waals surface area contributed by atoms with Gasteiger partial charge in [-0.25, -0.2) is 4.79 Å². The SMILES string of the molecule is CCC[C@H](CC)N(CC)Cc1ccccc1OCC(=O)OCC. The van der Waals surface area contributed by atoms with E-state index < -0.39 is 0 Å². The van der Waals surface area contributed by atoms with Crippen molar-refractivity contribution < 1.29 is 14.3 Å². The van der Waals surface area contributed by atoms with Crippen LogP contribution in [0.1, 0.15) is 52.5 Å². The maximum absolute atomic E-state index is 11.5. The molecule has 0 spiro atoms. The Morgan fingerprint density at radius 3 is 2.52 bits per heavy atom. The van der Waals surface area contributed by atoms with Crippen LogP contribution in [0.4, 0.5) is 0 Å². The van der Waals surface area contributed by atoms with Gasteiger partial charge in [0, 0.05) is 18.2 Å². The summed E-state index contributed by atoms with van der Waals surface area (Å²) in [6.45, 7) is 10.6. The van der Waals surface area contributed by atoms with Crippen molar-refractivity contribution in [3.63, 3.8) is 0 Å². The smallest absolute Gasteiger partial charge is 0.344 e. The van der Waals surface area contributed by atoms with Gasteiger partial charge in [0.15, 0.2) is 6.61 Å². The van der Waals surface area contributed by atoms with Crippen LogP contribution in [0.25, 0.3) is 0 Å². The quantitative estimate of drug-likeness (QED) is 0.577. The lowest BCUT2D eigenvalue weighted by atomic mass is 10.1. The van der Waals surface area contributed by atoms with Gasteiger partial charge < -0.3 is 9.47 Å². The van der Waals surface area contributed by atoms with E-state index in [1.807, 2.05) is 18.2 Å². The number of carbonyl (C=O) groups excluding carboxylic acids is 1. The zero-order valence-corrected chi connectivity index (χ0v) is 15.0. The summed E-state index contributed by atoms with van der Waals surface area (Å²) in [5.41, 5.74) is 1.12. The largest absolute Gasteiger partial charge is 0.482 e. The highest BCUT2D eigenvalue weighted by molar-refractivity contribution is 5.71. The zero-order valence-electron chi connectivity index (χ0n) is 15.0. The van der Waals surface area contributed by atoms with Crippen molar-refractivity contribution in [3.05, 3.63) is 29.8 Å². The van der Waals surface area contributed by atoms with E-state index in [1.165, 1.54) is 12.8 Å². The van der Waals surface area contributed by atoms with Crippen LogP contribution in [0.2, 0.25) is 0 Å². The highest BCUT2D eigenvalue weighted by Gasteiger charge is 2.17. The van der Waals surface area contributed by atoms with Gasteiger partial charge in [-0.3, -0.25) is 4.90 Å². The zero-order chi connectivity index (χ0) is 17.1. The van der Waals surface area contributed by atoms with Crippen LogP contribution in [0, 0.1) is 0 Å². The van der Waals surface area contributed by atoms with Crippen LogP contribution >= 0.6 is 0 Å². The molecule has 1 aromatic carbocycles. The molecule has 0 amide bonds. The number of rotatable bonds is 11. The Morgan fingerprint density at radius 1 is 1.17 bits per heavy atom. The Balaban J connectivity index is 2.76. The molecule has 130 valence electrons. The summed E-state index contributed by atoms with van der Waals surface area (Å²) in [6, 6.07) is 8.53. The Labute approximate surface area is 140 Å². The number of hydrogen-bond donors (Lipinski definition) is 0. The average Bonchev–Trinajstić information content (AvgIpc) is 2.57. The molecule has 1 aromatic rings. The molecule has 0 fully saturated rings. The van der Waals surface area contributed by atoms with Crippen LogP contribution in [-0.2, 0) is 16.1 Å². The third-order valence-corrected chi connectivity index (χ3v) is 4.01. The Morgan fingerprint density at radius 2 is 1.91 bits per heavy atom. The van der Waals surface area contributed by atoms with Gasteiger partial charge in [-0.05, 0) is 32.4 Å². The Bertz CT molecular complexity index is 462. The second kappa shape index (κ2) is 11.1. The molecule has 0 aliphatic heterocycles. The number of carbonyl (C=O) groups is 1. The van der Waals surface area contributed by atoms with Gasteiger partial charge in [0.25, 0.3) is 0 Å². The van der Waals surface area contributed by atoms with Gasteiger partial charge in [-0.2, -0.15) is 0 Å². The van der Waals surface area contributed by atoms with E-state index >= 15 is 0 Å². The number of para-hydroxylation sites is 1. The first-order valence-electron chi connectivity index (χ1n) is 8.76. The fraction of sp³-hybridized carbons (Fsp3) is 0.632. The van der Waals surface area contributed by atoms with Crippen molar-refractivity contribution in [2.24, 2.45) is 0 Å². The molecule has 0 radical (unpaired) electrons. The van der Waals surface area contributed by atoms with Crippen LogP contribution in [0.15, 0.2) is 24.3 Å². The summed E-state index contributed by atoms with van der Waals surface area (Å²) in [6.07, 6.45) is 3.54. The lowest BCUT2D eigenvalue weighted by molar-refractivity contribution is -0.145. The fourth-order valence-electron chi connectivity index (χ4n) is 2.81. The molecule has 4 nitrogen and oxygen atoms in total. The number of esters is 1. The number of nitrogens with zero attached hydrogens (tertiary/aromatic N) is 1. The molecule has 0 aliphatic carbocycles. The van der Waals surface area contributed by atoms with Gasteiger partial charge >= 0.3 is 5.97 Å². The van der Waals surface area contributed by atoms with Gasteiger partial charge in [0.1, 0.15) is 5.75 Å². The van der Waals surface area contributed by atoms with E-state index in [-0.39, 0.29) is 12.6 Å².